The zero-order chi connectivity index (χ0) is 18.1. The van der Waals surface area contributed by atoms with E-state index in [-0.39, 0.29) is 16.7 Å². The van der Waals surface area contributed by atoms with Crippen LogP contribution in [0.25, 0.3) is 11.1 Å². The number of carbonyl (C=O) groups excluding carboxylic acids is 3. The number of carbonyl (C=O) groups is 3. The first-order valence-electron chi connectivity index (χ1n) is 7.86. The minimum Gasteiger partial charge on any atom is -0.324 e. The minimum atomic E-state index is -0.780. The van der Waals surface area contributed by atoms with Crippen LogP contribution >= 0.6 is 0 Å². The Labute approximate surface area is 148 Å². The first kappa shape index (κ1) is 15.7. The van der Waals surface area contributed by atoms with Crippen LogP contribution in [0, 0.1) is 0 Å². The Kier molecular flexibility index (Phi) is 3.78. The van der Waals surface area contributed by atoms with Gasteiger partial charge in [-0.25, -0.2) is 4.79 Å². The van der Waals surface area contributed by atoms with Crippen LogP contribution < -0.4 is 0 Å². The highest BCUT2D eigenvalue weighted by molar-refractivity contribution is 6.21. The lowest BCUT2D eigenvalue weighted by atomic mass is 10.1. The molecule has 2 heterocycles. The Balaban J connectivity index is 1.53. The first-order chi connectivity index (χ1) is 12.6. The summed E-state index contributed by atoms with van der Waals surface area (Å²) in [4.78, 5) is 45.9. The molecule has 126 valence electrons. The van der Waals surface area contributed by atoms with E-state index < -0.39 is 17.8 Å². The number of fused-ring (bicyclic) bond motifs is 1. The van der Waals surface area contributed by atoms with Crippen LogP contribution in [0.3, 0.4) is 0 Å². The fourth-order valence-corrected chi connectivity index (χ4v) is 2.72. The van der Waals surface area contributed by atoms with E-state index in [0.717, 1.165) is 11.1 Å². The van der Waals surface area contributed by atoms with Crippen LogP contribution in [0.4, 0.5) is 0 Å². The maximum Gasteiger partial charge on any atom is 0.363 e. The lowest BCUT2D eigenvalue weighted by Gasteiger charge is -2.12. The van der Waals surface area contributed by atoms with Crippen molar-refractivity contribution in [2.24, 2.45) is 0 Å². The van der Waals surface area contributed by atoms with Gasteiger partial charge < -0.3 is 4.84 Å². The molecule has 3 aromatic rings. The summed E-state index contributed by atoms with van der Waals surface area (Å²) in [6.45, 7) is 0. The molecule has 4 rings (SSSR count). The third-order valence-electron chi connectivity index (χ3n) is 4.05. The molecular weight excluding hydrogens is 332 g/mol. The molecule has 0 fully saturated rings. The largest absolute Gasteiger partial charge is 0.363 e. The summed E-state index contributed by atoms with van der Waals surface area (Å²) in [6, 6.07) is 16.7. The van der Waals surface area contributed by atoms with Crippen molar-refractivity contribution in [2.75, 3.05) is 0 Å². The second-order valence-electron chi connectivity index (χ2n) is 5.65. The fourth-order valence-electron chi connectivity index (χ4n) is 2.72. The number of imide groups is 1. The minimum absolute atomic E-state index is 0.220. The summed E-state index contributed by atoms with van der Waals surface area (Å²) in [5, 5.41) is 0.502. The van der Waals surface area contributed by atoms with E-state index in [9.17, 15) is 14.4 Å². The quantitative estimate of drug-likeness (QED) is 0.682. The molecule has 1 aliphatic heterocycles. The van der Waals surface area contributed by atoms with Crippen molar-refractivity contribution in [3.8, 4) is 11.1 Å². The normalized spacial score (nSPS) is 12.8. The number of amides is 2. The molecule has 6 heteroatoms. The van der Waals surface area contributed by atoms with Crippen molar-refractivity contribution in [1.82, 2.24) is 10.0 Å². The van der Waals surface area contributed by atoms with Crippen LogP contribution in [0.2, 0.25) is 0 Å². The van der Waals surface area contributed by atoms with E-state index in [1.165, 1.54) is 12.1 Å². The number of rotatable bonds is 3. The Hall–Kier alpha value is -3.80. The maximum atomic E-state index is 12.3. The monoisotopic (exact) mass is 344 g/mol. The van der Waals surface area contributed by atoms with E-state index in [4.69, 9.17) is 4.84 Å². The van der Waals surface area contributed by atoms with E-state index in [2.05, 4.69) is 4.98 Å². The second-order valence-corrected chi connectivity index (χ2v) is 5.65. The summed E-state index contributed by atoms with van der Waals surface area (Å²) in [6.07, 6.45) is 3.39. The second kappa shape index (κ2) is 6.25. The van der Waals surface area contributed by atoms with Crippen molar-refractivity contribution in [3.63, 3.8) is 0 Å². The molecule has 2 amide bonds. The molecule has 0 aliphatic carbocycles. The summed E-state index contributed by atoms with van der Waals surface area (Å²) >= 11 is 0. The molecule has 1 aliphatic rings. The van der Waals surface area contributed by atoms with Crippen LogP contribution in [0.15, 0.2) is 73.1 Å². The zero-order valence-corrected chi connectivity index (χ0v) is 13.5. The molecule has 6 nitrogen and oxygen atoms in total. The van der Waals surface area contributed by atoms with E-state index in [1.807, 2.05) is 12.1 Å². The average molecular weight is 344 g/mol. The van der Waals surface area contributed by atoms with Crippen molar-refractivity contribution in [3.05, 3.63) is 89.7 Å². The van der Waals surface area contributed by atoms with Gasteiger partial charge in [-0.15, -0.1) is 0 Å². The lowest BCUT2D eigenvalue weighted by Crippen LogP contribution is -2.32. The van der Waals surface area contributed by atoms with Gasteiger partial charge in [-0.05, 0) is 41.5 Å². The number of hydrogen-bond donors (Lipinski definition) is 0. The molecule has 2 aromatic carbocycles. The van der Waals surface area contributed by atoms with Gasteiger partial charge >= 0.3 is 5.97 Å². The van der Waals surface area contributed by atoms with Crippen molar-refractivity contribution < 1.29 is 19.2 Å². The molecule has 0 saturated carbocycles. The molecule has 0 spiro atoms. The standard InChI is InChI=1S/C20H12N2O4/c23-18-16-5-1-2-6-17(16)19(24)22(18)26-20(25)14-9-7-13(8-10-14)15-4-3-11-21-12-15/h1-12H. The number of hydrogen-bond acceptors (Lipinski definition) is 5. The van der Waals surface area contributed by atoms with Gasteiger partial charge in [-0.3, -0.25) is 14.6 Å². The van der Waals surface area contributed by atoms with E-state index >= 15 is 0 Å². The molecule has 1 aromatic heterocycles. The van der Waals surface area contributed by atoms with Gasteiger partial charge in [-0.1, -0.05) is 35.4 Å². The zero-order valence-electron chi connectivity index (χ0n) is 13.5. The molecule has 0 atom stereocenters. The number of hydroxylamine groups is 2. The summed E-state index contributed by atoms with van der Waals surface area (Å²) in [5.74, 6) is -2.07. The van der Waals surface area contributed by atoms with Gasteiger partial charge in [0.25, 0.3) is 11.8 Å². The summed E-state index contributed by atoms with van der Waals surface area (Å²) < 4.78 is 0. The van der Waals surface area contributed by atoms with Gasteiger partial charge in [-0.2, -0.15) is 0 Å². The third kappa shape index (κ3) is 2.63. The number of aromatic nitrogens is 1. The van der Waals surface area contributed by atoms with Crippen LogP contribution in [-0.4, -0.2) is 27.8 Å². The maximum absolute atomic E-state index is 12.3. The molecule has 0 saturated heterocycles. The smallest absolute Gasteiger partial charge is 0.324 e. The molecule has 0 N–H and O–H groups in total. The Morgan fingerprint density at radius 3 is 2.04 bits per heavy atom. The third-order valence-corrected chi connectivity index (χ3v) is 4.05. The Morgan fingerprint density at radius 1 is 0.808 bits per heavy atom. The molecule has 0 bridgehead atoms. The SMILES string of the molecule is O=C(ON1C(=O)c2ccccc2C1=O)c1ccc(-c2cccnc2)cc1. The average Bonchev–Trinajstić information content (AvgIpc) is 2.94. The molecule has 26 heavy (non-hydrogen) atoms. The number of benzene rings is 2. The van der Waals surface area contributed by atoms with Crippen LogP contribution in [-0.2, 0) is 4.84 Å². The Morgan fingerprint density at radius 2 is 1.46 bits per heavy atom. The highest BCUT2D eigenvalue weighted by atomic mass is 16.7. The van der Waals surface area contributed by atoms with E-state index in [1.54, 1.807) is 48.8 Å². The van der Waals surface area contributed by atoms with Crippen molar-refractivity contribution in [2.45, 2.75) is 0 Å². The summed E-state index contributed by atoms with van der Waals surface area (Å²) in [7, 11) is 0. The Bertz CT molecular complexity index is 978. The predicted octanol–water partition coefficient (Wildman–Crippen LogP) is 3.12. The van der Waals surface area contributed by atoms with Gasteiger partial charge in [0.1, 0.15) is 0 Å². The van der Waals surface area contributed by atoms with Gasteiger partial charge in [0, 0.05) is 12.4 Å². The van der Waals surface area contributed by atoms with E-state index in [0.29, 0.717) is 5.06 Å². The molecular formula is C20H12N2O4. The fraction of sp³-hybridized carbons (Fsp3) is 0. The van der Waals surface area contributed by atoms with Gasteiger partial charge in [0.15, 0.2) is 0 Å². The summed E-state index contributed by atoms with van der Waals surface area (Å²) in [5.41, 5.74) is 2.46. The molecule has 0 unspecified atom stereocenters. The predicted molar refractivity (Wildman–Crippen MR) is 92.0 cm³/mol. The van der Waals surface area contributed by atoms with Gasteiger partial charge in [0.2, 0.25) is 0 Å². The highest BCUT2D eigenvalue weighted by Crippen LogP contribution is 2.24. The lowest BCUT2D eigenvalue weighted by molar-refractivity contribution is -0.0584. The highest BCUT2D eigenvalue weighted by Gasteiger charge is 2.38. The van der Waals surface area contributed by atoms with Crippen LogP contribution in [0.5, 0.6) is 0 Å². The number of nitrogens with zero attached hydrogens (tertiary/aromatic N) is 2. The van der Waals surface area contributed by atoms with Crippen LogP contribution in [0.1, 0.15) is 31.1 Å². The van der Waals surface area contributed by atoms with Gasteiger partial charge in [0.05, 0.1) is 16.7 Å². The molecule has 0 radical (unpaired) electrons. The topological polar surface area (TPSA) is 76.6 Å². The first-order valence-corrected chi connectivity index (χ1v) is 7.86. The van der Waals surface area contributed by atoms with Crippen molar-refractivity contribution >= 4 is 17.8 Å². The van der Waals surface area contributed by atoms with Crippen molar-refractivity contribution in [1.29, 1.82) is 0 Å². The number of pyridine rings is 1.